The predicted molar refractivity (Wildman–Crippen MR) is 89.1 cm³/mol. The predicted octanol–water partition coefficient (Wildman–Crippen LogP) is 2.81. The number of thiocarbonyl (C=S) groups is 1. The van der Waals surface area contributed by atoms with Crippen molar-refractivity contribution in [3.05, 3.63) is 46.6 Å². The third kappa shape index (κ3) is 2.17. The van der Waals surface area contributed by atoms with Crippen LogP contribution >= 0.6 is 12.2 Å². The molecule has 1 atom stereocenters. The second-order valence-electron chi connectivity index (χ2n) is 5.53. The maximum atomic E-state index is 5.95. The summed E-state index contributed by atoms with van der Waals surface area (Å²) in [6.45, 7) is 6.10. The number of rotatable bonds is 2. The molecule has 1 aromatic heterocycles. The average Bonchev–Trinajstić information content (AvgIpc) is 2.77. The molecule has 2 heterocycles. The van der Waals surface area contributed by atoms with Crippen molar-refractivity contribution in [3.63, 3.8) is 0 Å². The van der Waals surface area contributed by atoms with Crippen LogP contribution in [-0.4, -0.2) is 21.2 Å². The van der Waals surface area contributed by atoms with Gasteiger partial charge in [0.25, 0.3) is 0 Å². The summed E-state index contributed by atoms with van der Waals surface area (Å²) in [6.07, 6.45) is 0.988. The fourth-order valence-corrected chi connectivity index (χ4v) is 3.19. The Morgan fingerprint density at radius 2 is 2.00 bits per heavy atom. The third-order valence-electron chi connectivity index (χ3n) is 4.12. The highest BCUT2D eigenvalue weighted by molar-refractivity contribution is 7.80. The molecule has 0 bridgehead atoms. The van der Waals surface area contributed by atoms with Gasteiger partial charge in [-0.25, -0.2) is 0 Å². The average molecular weight is 298 g/mol. The molecular weight excluding hydrogens is 280 g/mol. The quantitative estimate of drug-likeness (QED) is 0.864. The molecule has 1 aromatic carbocycles. The third-order valence-corrected chi connectivity index (χ3v) is 4.32. The molecule has 2 N–H and O–H groups in total. The molecule has 1 unspecified atom stereocenters. The summed E-state index contributed by atoms with van der Waals surface area (Å²) < 4.78 is 0. The lowest BCUT2D eigenvalue weighted by atomic mass is 10.1. The number of hydrogen-bond donors (Lipinski definition) is 1. The molecule has 108 valence electrons. The van der Waals surface area contributed by atoms with E-state index in [0.717, 1.165) is 29.1 Å². The van der Waals surface area contributed by atoms with Gasteiger partial charge in [-0.2, -0.15) is 5.10 Å². The summed E-state index contributed by atoms with van der Waals surface area (Å²) in [4.78, 5) is 2.57. The fourth-order valence-electron chi connectivity index (χ4n) is 2.95. The number of para-hydroxylation sites is 1. The van der Waals surface area contributed by atoms with Gasteiger partial charge in [0.15, 0.2) is 5.82 Å². The molecule has 1 aliphatic rings. The van der Waals surface area contributed by atoms with Gasteiger partial charge < -0.3 is 10.6 Å². The van der Waals surface area contributed by atoms with Crippen LogP contribution in [-0.2, 0) is 6.42 Å². The number of nitrogens with zero attached hydrogens (tertiary/aromatic N) is 3. The standard InChI is InChI=1S/C16H18N4S/c1-9-8-12-6-4-5-7-13(12)20(9)16-14(15(17)21)10(2)11(3)18-19-16/h4-7,9H,8H2,1-3H3,(H2,17,21). The van der Waals surface area contributed by atoms with Crippen LogP contribution in [0.3, 0.4) is 0 Å². The minimum Gasteiger partial charge on any atom is -0.389 e. The van der Waals surface area contributed by atoms with Gasteiger partial charge in [-0.3, -0.25) is 0 Å². The van der Waals surface area contributed by atoms with Gasteiger partial charge in [0.2, 0.25) is 0 Å². The highest BCUT2D eigenvalue weighted by atomic mass is 32.1. The lowest BCUT2D eigenvalue weighted by Crippen LogP contribution is -2.29. The van der Waals surface area contributed by atoms with Gasteiger partial charge in [-0.1, -0.05) is 30.4 Å². The molecule has 0 fully saturated rings. The van der Waals surface area contributed by atoms with Crippen molar-refractivity contribution in [2.24, 2.45) is 5.73 Å². The van der Waals surface area contributed by atoms with Crippen molar-refractivity contribution in [1.82, 2.24) is 10.2 Å². The van der Waals surface area contributed by atoms with E-state index in [-0.39, 0.29) is 0 Å². The van der Waals surface area contributed by atoms with Crippen LogP contribution < -0.4 is 10.6 Å². The van der Waals surface area contributed by atoms with Crippen molar-refractivity contribution >= 4 is 28.7 Å². The second-order valence-corrected chi connectivity index (χ2v) is 5.96. The number of anilines is 2. The molecule has 5 heteroatoms. The van der Waals surface area contributed by atoms with Crippen molar-refractivity contribution in [1.29, 1.82) is 0 Å². The Balaban J connectivity index is 2.22. The minimum atomic E-state index is 0.312. The van der Waals surface area contributed by atoms with E-state index in [4.69, 9.17) is 18.0 Å². The zero-order valence-electron chi connectivity index (χ0n) is 12.4. The number of aryl methyl sites for hydroxylation is 1. The maximum Gasteiger partial charge on any atom is 0.166 e. The van der Waals surface area contributed by atoms with Crippen molar-refractivity contribution < 1.29 is 0 Å². The van der Waals surface area contributed by atoms with Crippen LogP contribution in [0.15, 0.2) is 24.3 Å². The second kappa shape index (κ2) is 5.07. The van der Waals surface area contributed by atoms with Gasteiger partial charge in [-0.15, -0.1) is 5.10 Å². The first-order valence-corrected chi connectivity index (χ1v) is 7.42. The smallest absolute Gasteiger partial charge is 0.166 e. The SMILES string of the molecule is Cc1nnc(N2c3ccccc3CC2C)c(C(N)=S)c1C. The van der Waals surface area contributed by atoms with Gasteiger partial charge in [0.1, 0.15) is 4.99 Å². The molecule has 4 nitrogen and oxygen atoms in total. The number of nitrogens with two attached hydrogens (primary N) is 1. The summed E-state index contributed by atoms with van der Waals surface area (Å²) >= 11 is 5.25. The minimum absolute atomic E-state index is 0.312. The van der Waals surface area contributed by atoms with Gasteiger partial charge in [0, 0.05) is 11.7 Å². The normalized spacial score (nSPS) is 16.9. The molecule has 0 saturated heterocycles. The van der Waals surface area contributed by atoms with Crippen LogP contribution in [0.5, 0.6) is 0 Å². The molecule has 0 amide bonds. The Bertz CT molecular complexity index is 726. The van der Waals surface area contributed by atoms with E-state index in [1.165, 1.54) is 11.3 Å². The summed E-state index contributed by atoms with van der Waals surface area (Å²) in [6, 6.07) is 8.68. The lowest BCUT2D eigenvalue weighted by Gasteiger charge is -2.26. The van der Waals surface area contributed by atoms with Crippen LogP contribution in [0.25, 0.3) is 0 Å². The first kappa shape index (κ1) is 13.9. The van der Waals surface area contributed by atoms with Crippen molar-refractivity contribution in [2.75, 3.05) is 4.90 Å². The van der Waals surface area contributed by atoms with Crippen LogP contribution in [0.1, 0.15) is 29.3 Å². The first-order valence-electron chi connectivity index (χ1n) is 7.01. The summed E-state index contributed by atoms with van der Waals surface area (Å²) in [7, 11) is 0. The molecule has 0 spiro atoms. The largest absolute Gasteiger partial charge is 0.389 e. The number of benzene rings is 1. The highest BCUT2D eigenvalue weighted by Crippen LogP contribution is 2.39. The Kier molecular flexibility index (Phi) is 3.37. The van der Waals surface area contributed by atoms with Crippen LogP contribution in [0.4, 0.5) is 11.5 Å². The Morgan fingerprint density at radius 1 is 1.29 bits per heavy atom. The van der Waals surface area contributed by atoms with E-state index in [9.17, 15) is 0 Å². The lowest BCUT2D eigenvalue weighted by molar-refractivity contribution is 0.739. The van der Waals surface area contributed by atoms with Gasteiger partial charge >= 0.3 is 0 Å². The Labute approximate surface area is 130 Å². The number of aromatic nitrogens is 2. The zero-order chi connectivity index (χ0) is 15.1. The molecular formula is C16H18N4S. The van der Waals surface area contributed by atoms with Gasteiger partial charge in [0.05, 0.1) is 11.3 Å². The van der Waals surface area contributed by atoms with Crippen molar-refractivity contribution in [2.45, 2.75) is 33.2 Å². The molecule has 0 aliphatic carbocycles. The number of fused-ring (bicyclic) bond motifs is 1. The maximum absolute atomic E-state index is 5.95. The Morgan fingerprint density at radius 3 is 2.71 bits per heavy atom. The van der Waals surface area contributed by atoms with E-state index < -0.39 is 0 Å². The van der Waals surface area contributed by atoms with E-state index >= 15 is 0 Å². The van der Waals surface area contributed by atoms with E-state index in [2.05, 4.69) is 40.2 Å². The monoisotopic (exact) mass is 298 g/mol. The first-order chi connectivity index (χ1) is 10.0. The van der Waals surface area contributed by atoms with E-state index in [1.807, 2.05) is 19.9 Å². The van der Waals surface area contributed by atoms with E-state index in [0.29, 0.717) is 11.0 Å². The van der Waals surface area contributed by atoms with E-state index in [1.54, 1.807) is 0 Å². The Hall–Kier alpha value is -2.01. The summed E-state index contributed by atoms with van der Waals surface area (Å²) in [5, 5.41) is 8.67. The highest BCUT2D eigenvalue weighted by Gasteiger charge is 2.31. The molecule has 21 heavy (non-hydrogen) atoms. The van der Waals surface area contributed by atoms with Crippen LogP contribution in [0, 0.1) is 13.8 Å². The van der Waals surface area contributed by atoms with Crippen molar-refractivity contribution in [3.8, 4) is 0 Å². The molecule has 2 aromatic rings. The summed E-state index contributed by atoms with van der Waals surface area (Å²) in [5.74, 6) is 0.767. The molecule has 0 saturated carbocycles. The van der Waals surface area contributed by atoms with Gasteiger partial charge in [-0.05, 0) is 44.4 Å². The summed E-state index contributed by atoms with van der Waals surface area (Å²) in [5.41, 5.74) is 11.1. The topological polar surface area (TPSA) is 55.0 Å². The van der Waals surface area contributed by atoms with Crippen LogP contribution in [0.2, 0.25) is 0 Å². The fraction of sp³-hybridized carbons (Fsp3) is 0.312. The number of hydrogen-bond acceptors (Lipinski definition) is 4. The zero-order valence-corrected chi connectivity index (χ0v) is 13.2. The molecule has 1 aliphatic heterocycles. The molecule has 0 radical (unpaired) electrons. The molecule has 3 rings (SSSR count).